The van der Waals surface area contributed by atoms with Crippen molar-refractivity contribution in [3.8, 4) is 0 Å². The lowest BCUT2D eigenvalue weighted by atomic mass is 10.1. The first kappa shape index (κ1) is 16.6. The topological polar surface area (TPSA) is 103 Å². The van der Waals surface area contributed by atoms with E-state index in [9.17, 15) is 9.59 Å². The number of nitrogens with zero attached hydrogens (tertiary/aromatic N) is 3. The van der Waals surface area contributed by atoms with Gasteiger partial charge in [0.1, 0.15) is 5.82 Å². The quantitative estimate of drug-likeness (QED) is 0.691. The van der Waals surface area contributed by atoms with Gasteiger partial charge in [0.25, 0.3) is 0 Å². The third-order valence-electron chi connectivity index (χ3n) is 3.85. The molecule has 0 unspecified atom stereocenters. The summed E-state index contributed by atoms with van der Waals surface area (Å²) in [5.74, 6) is 0.954. The second-order valence-corrected chi connectivity index (χ2v) is 6.71. The largest absolute Gasteiger partial charge is 0.353 e. The molecule has 8 nitrogen and oxygen atoms in total. The van der Waals surface area contributed by atoms with Crippen LogP contribution >= 0.6 is 11.3 Å². The number of hydrogen-bond donors (Lipinski definition) is 3. The number of piperazine rings is 1. The van der Waals surface area contributed by atoms with Gasteiger partial charge in [-0.05, 0) is 18.4 Å². The molecule has 0 bridgehead atoms. The van der Waals surface area contributed by atoms with Crippen LogP contribution in [0.3, 0.4) is 0 Å². The van der Waals surface area contributed by atoms with Crippen molar-refractivity contribution in [3.63, 3.8) is 0 Å². The molecule has 128 valence electrons. The molecule has 1 aliphatic rings. The van der Waals surface area contributed by atoms with Crippen LogP contribution in [-0.2, 0) is 22.7 Å². The van der Waals surface area contributed by atoms with Crippen LogP contribution in [0.5, 0.6) is 0 Å². The van der Waals surface area contributed by atoms with Crippen molar-refractivity contribution in [2.24, 2.45) is 0 Å². The summed E-state index contributed by atoms with van der Waals surface area (Å²) < 4.78 is 0. The lowest BCUT2D eigenvalue weighted by molar-refractivity contribution is -0.134. The number of thiophene rings is 1. The van der Waals surface area contributed by atoms with E-state index in [0.717, 1.165) is 6.54 Å². The predicted octanol–water partition coefficient (Wildman–Crippen LogP) is 0.182. The molecule has 1 atom stereocenters. The molecule has 24 heavy (non-hydrogen) atoms. The molecule has 0 saturated carbocycles. The fraction of sp³-hybridized carbons (Fsp3) is 0.467. The van der Waals surface area contributed by atoms with E-state index < -0.39 is 6.04 Å². The molecule has 0 aromatic carbocycles. The van der Waals surface area contributed by atoms with E-state index in [4.69, 9.17) is 0 Å². The Kier molecular flexibility index (Phi) is 5.21. The predicted molar refractivity (Wildman–Crippen MR) is 89.1 cm³/mol. The standard InChI is InChI=1S/C15H20N6O2S/c1-10-18-13(20-19-10)8-17-14(22)7-12-15(23)16-4-5-21(12)9-11-3-2-6-24-11/h2-3,6,12H,4-5,7-9H2,1H3,(H,16,23)(H,17,22)(H,18,19,20)/t12-/m1/s1. The molecule has 2 amide bonds. The molecule has 0 spiro atoms. The number of hydrogen-bond acceptors (Lipinski definition) is 6. The third kappa shape index (κ3) is 4.18. The Morgan fingerprint density at radius 2 is 2.42 bits per heavy atom. The summed E-state index contributed by atoms with van der Waals surface area (Å²) in [5.41, 5.74) is 0. The molecule has 1 aliphatic heterocycles. The van der Waals surface area contributed by atoms with Crippen LogP contribution in [0.1, 0.15) is 22.9 Å². The summed E-state index contributed by atoms with van der Waals surface area (Å²) in [4.78, 5) is 31.8. The Balaban J connectivity index is 1.57. The number of aryl methyl sites for hydroxylation is 1. The molecule has 0 aliphatic carbocycles. The Labute approximate surface area is 143 Å². The van der Waals surface area contributed by atoms with E-state index in [2.05, 4.69) is 30.7 Å². The van der Waals surface area contributed by atoms with Crippen LogP contribution in [0.2, 0.25) is 0 Å². The van der Waals surface area contributed by atoms with Crippen LogP contribution in [0.15, 0.2) is 17.5 Å². The van der Waals surface area contributed by atoms with Gasteiger partial charge < -0.3 is 10.6 Å². The average molecular weight is 348 g/mol. The summed E-state index contributed by atoms with van der Waals surface area (Å²) in [7, 11) is 0. The van der Waals surface area contributed by atoms with Crippen LogP contribution in [0.4, 0.5) is 0 Å². The van der Waals surface area contributed by atoms with Gasteiger partial charge in [0.05, 0.1) is 19.0 Å². The number of carbonyl (C=O) groups excluding carboxylic acids is 2. The fourth-order valence-electron chi connectivity index (χ4n) is 2.67. The molecule has 9 heteroatoms. The SMILES string of the molecule is Cc1nc(CNC(=O)C[C@@H]2C(=O)NCCN2Cc2cccs2)n[nH]1. The summed E-state index contributed by atoms with van der Waals surface area (Å²) >= 11 is 1.65. The minimum atomic E-state index is -0.449. The van der Waals surface area contributed by atoms with Crippen molar-refractivity contribution >= 4 is 23.2 Å². The van der Waals surface area contributed by atoms with Crippen molar-refractivity contribution in [3.05, 3.63) is 34.0 Å². The second kappa shape index (κ2) is 7.54. The van der Waals surface area contributed by atoms with Gasteiger partial charge in [-0.15, -0.1) is 11.3 Å². The third-order valence-corrected chi connectivity index (χ3v) is 4.71. The van der Waals surface area contributed by atoms with Gasteiger partial charge in [0.2, 0.25) is 11.8 Å². The number of carbonyl (C=O) groups is 2. The van der Waals surface area contributed by atoms with Crippen LogP contribution in [0, 0.1) is 6.92 Å². The molecule has 0 radical (unpaired) electrons. The van der Waals surface area contributed by atoms with Crippen LogP contribution in [-0.4, -0.2) is 51.0 Å². The number of H-pyrrole nitrogens is 1. The lowest BCUT2D eigenvalue weighted by Crippen LogP contribution is -2.56. The number of nitrogens with one attached hydrogen (secondary N) is 3. The molecule has 3 rings (SSSR count). The number of aromatic nitrogens is 3. The molecule has 2 aromatic rings. The highest BCUT2D eigenvalue weighted by Crippen LogP contribution is 2.17. The van der Waals surface area contributed by atoms with E-state index in [1.54, 1.807) is 18.3 Å². The Morgan fingerprint density at radius 3 is 3.12 bits per heavy atom. The minimum absolute atomic E-state index is 0.0957. The zero-order valence-corrected chi connectivity index (χ0v) is 14.2. The van der Waals surface area contributed by atoms with E-state index >= 15 is 0 Å². The number of rotatable bonds is 6. The molecular formula is C15H20N6O2S. The first-order chi connectivity index (χ1) is 11.6. The zero-order valence-electron chi connectivity index (χ0n) is 13.4. The summed E-state index contributed by atoms with van der Waals surface area (Å²) in [6.07, 6.45) is 0.126. The average Bonchev–Trinajstić information content (AvgIpc) is 3.20. The van der Waals surface area contributed by atoms with Gasteiger partial charge in [0, 0.05) is 24.5 Å². The highest BCUT2D eigenvalue weighted by Gasteiger charge is 2.31. The van der Waals surface area contributed by atoms with Gasteiger partial charge in [-0.2, -0.15) is 5.10 Å². The van der Waals surface area contributed by atoms with E-state index in [1.807, 2.05) is 17.5 Å². The summed E-state index contributed by atoms with van der Waals surface area (Å²) in [5, 5.41) is 14.3. The monoisotopic (exact) mass is 348 g/mol. The maximum absolute atomic E-state index is 12.2. The second-order valence-electron chi connectivity index (χ2n) is 5.67. The van der Waals surface area contributed by atoms with Crippen molar-refractivity contribution in [2.45, 2.75) is 32.5 Å². The van der Waals surface area contributed by atoms with Crippen LogP contribution < -0.4 is 10.6 Å². The highest BCUT2D eigenvalue weighted by atomic mass is 32.1. The van der Waals surface area contributed by atoms with Crippen LogP contribution in [0.25, 0.3) is 0 Å². The first-order valence-electron chi connectivity index (χ1n) is 7.80. The van der Waals surface area contributed by atoms with E-state index in [1.165, 1.54) is 4.88 Å². The van der Waals surface area contributed by atoms with Crippen molar-refractivity contribution in [1.29, 1.82) is 0 Å². The Morgan fingerprint density at radius 1 is 1.54 bits per heavy atom. The maximum atomic E-state index is 12.2. The van der Waals surface area contributed by atoms with Gasteiger partial charge in [-0.25, -0.2) is 4.98 Å². The number of aromatic amines is 1. The van der Waals surface area contributed by atoms with Crippen molar-refractivity contribution in [2.75, 3.05) is 13.1 Å². The van der Waals surface area contributed by atoms with Crippen molar-refractivity contribution < 1.29 is 9.59 Å². The Hall–Kier alpha value is -2.26. The molecule has 1 fully saturated rings. The number of amides is 2. The van der Waals surface area contributed by atoms with Gasteiger partial charge in [-0.1, -0.05) is 6.07 Å². The molecule has 3 N–H and O–H groups in total. The van der Waals surface area contributed by atoms with Gasteiger partial charge in [0.15, 0.2) is 5.82 Å². The van der Waals surface area contributed by atoms with Gasteiger partial charge >= 0.3 is 0 Å². The lowest BCUT2D eigenvalue weighted by Gasteiger charge is -2.34. The highest BCUT2D eigenvalue weighted by molar-refractivity contribution is 7.09. The normalized spacial score (nSPS) is 18.4. The summed E-state index contributed by atoms with van der Waals surface area (Å²) in [6, 6.07) is 3.58. The van der Waals surface area contributed by atoms with E-state index in [0.29, 0.717) is 24.7 Å². The molecular weight excluding hydrogens is 328 g/mol. The molecule has 2 aromatic heterocycles. The van der Waals surface area contributed by atoms with Crippen molar-refractivity contribution in [1.82, 2.24) is 30.7 Å². The smallest absolute Gasteiger partial charge is 0.237 e. The Bertz CT molecular complexity index is 699. The molecule has 3 heterocycles. The zero-order chi connectivity index (χ0) is 16.9. The minimum Gasteiger partial charge on any atom is -0.353 e. The summed E-state index contributed by atoms with van der Waals surface area (Å²) in [6.45, 7) is 4.08. The van der Waals surface area contributed by atoms with Gasteiger partial charge in [-0.3, -0.25) is 19.6 Å². The molecule has 1 saturated heterocycles. The first-order valence-corrected chi connectivity index (χ1v) is 8.68. The van der Waals surface area contributed by atoms with E-state index in [-0.39, 0.29) is 24.8 Å². The maximum Gasteiger partial charge on any atom is 0.237 e. The fourth-order valence-corrected chi connectivity index (χ4v) is 3.40.